The van der Waals surface area contributed by atoms with E-state index in [0.717, 1.165) is 12.3 Å². The molecule has 10 heteroatoms. The van der Waals surface area contributed by atoms with Gasteiger partial charge >= 0.3 is 6.18 Å². The van der Waals surface area contributed by atoms with Crippen LogP contribution in [0.1, 0.15) is 25.3 Å². The van der Waals surface area contributed by atoms with Gasteiger partial charge in [-0.15, -0.1) is 0 Å². The van der Waals surface area contributed by atoms with Gasteiger partial charge in [0.15, 0.2) is 0 Å². The Morgan fingerprint density at radius 2 is 1.96 bits per heavy atom. The molecule has 5 nitrogen and oxygen atoms in total. The van der Waals surface area contributed by atoms with Crippen molar-refractivity contribution in [2.45, 2.75) is 25.9 Å². The standard InChI is InChI=1S/C14H18ClF3N2O3S/c1-3-4-13(21)19-7-8-20(24(2,22)23)12-6-5-10(15)9-11(12)14(16,17)18/h5-6,9H,3-4,7-8H2,1-2H3,(H,19,21). The summed E-state index contributed by atoms with van der Waals surface area (Å²) >= 11 is 5.60. The Bertz CT molecular complexity index is 693. The average molecular weight is 387 g/mol. The molecule has 0 saturated carbocycles. The number of carbonyl (C=O) groups excluding carboxylic acids is 1. The van der Waals surface area contributed by atoms with Gasteiger partial charge in [-0.1, -0.05) is 18.5 Å². The zero-order valence-corrected chi connectivity index (χ0v) is 14.7. The lowest BCUT2D eigenvalue weighted by Crippen LogP contribution is -2.39. The van der Waals surface area contributed by atoms with E-state index in [9.17, 15) is 26.4 Å². The highest BCUT2D eigenvalue weighted by Crippen LogP contribution is 2.38. The number of hydrogen-bond acceptors (Lipinski definition) is 3. The van der Waals surface area contributed by atoms with Crippen molar-refractivity contribution >= 4 is 33.2 Å². The van der Waals surface area contributed by atoms with Gasteiger partial charge in [0.2, 0.25) is 15.9 Å². The third kappa shape index (κ3) is 5.86. The van der Waals surface area contributed by atoms with Gasteiger partial charge in [-0.05, 0) is 24.6 Å². The van der Waals surface area contributed by atoms with Gasteiger partial charge < -0.3 is 5.32 Å². The summed E-state index contributed by atoms with van der Waals surface area (Å²) in [4.78, 5) is 11.4. The summed E-state index contributed by atoms with van der Waals surface area (Å²) in [5.41, 5.74) is -1.68. The van der Waals surface area contributed by atoms with E-state index >= 15 is 0 Å². The second-order valence-electron chi connectivity index (χ2n) is 5.09. The van der Waals surface area contributed by atoms with Crippen LogP contribution in [0.2, 0.25) is 5.02 Å². The molecular weight excluding hydrogens is 369 g/mol. The predicted molar refractivity (Wildman–Crippen MR) is 86.6 cm³/mol. The van der Waals surface area contributed by atoms with Crippen molar-refractivity contribution in [3.63, 3.8) is 0 Å². The lowest BCUT2D eigenvalue weighted by molar-refractivity contribution is -0.137. The molecule has 0 aliphatic rings. The Morgan fingerprint density at radius 1 is 1.33 bits per heavy atom. The predicted octanol–water partition coefficient (Wildman–Crippen LogP) is 3.04. The van der Waals surface area contributed by atoms with E-state index < -0.39 is 27.5 Å². The van der Waals surface area contributed by atoms with E-state index in [0.29, 0.717) is 16.8 Å². The Hall–Kier alpha value is -1.48. The third-order valence-corrected chi connectivity index (χ3v) is 4.46. The molecule has 136 valence electrons. The van der Waals surface area contributed by atoms with Gasteiger partial charge in [-0.2, -0.15) is 13.2 Å². The minimum Gasteiger partial charge on any atom is -0.354 e. The van der Waals surface area contributed by atoms with Crippen LogP contribution in [0.25, 0.3) is 0 Å². The zero-order chi connectivity index (χ0) is 18.5. The molecule has 0 atom stereocenters. The Balaban J connectivity index is 3.13. The van der Waals surface area contributed by atoms with Crippen molar-refractivity contribution in [2.24, 2.45) is 0 Å². The molecule has 0 radical (unpaired) electrons. The molecule has 1 aromatic carbocycles. The van der Waals surface area contributed by atoms with Crippen molar-refractivity contribution in [1.29, 1.82) is 0 Å². The van der Waals surface area contributed by atoms with E-state index in [4.69, 9.17) is 11.6 Å². The highest BCUT2D eigenvalue weighted by molar-refractivity contribution is 7.92. The van der Waals surface area contributed by atoms with Crippen LogP contribution in [0.4, 0.5) is 18.9 Å². The first-order valence-corrected chi connectivity index (χ1v) is 9.30. The van der Waals surface area contributed by atoms with Crippen LogP contribution in [-0.4, -0.2) is 33.7 Å². The number of halogens is 4. The number of alkyl halides is 3. The molecule has 0 saturated heterocycles. The average Bonchev–Trinajstić information content (AvgIpc) is 2.42. The van der Waals surface area contributed by atoms with Crippen LogP contribution in [0.15, 0.2) is 18.2 Å². The Labute approximate surface area is 143 Å². The molecule has 1 amide bonds. The van der Waals surface area contributed by atoms with Gasteiger partial charge in [0.05, 0.1) is 24.1 Å². The zero-order valence-electron chi connectivity index (χ0n) is 13.2. The number of amides is 1. The Morgan fingerprint density at radius 3 is 2.46 bits per heavy atom. The molecule has 0 aromatic heterocycles. The number of anilines is 1. The highest BCUT2D eigenvalue weighted by Gasteiger charge is 2.36. The molecule has 0 heterocycles. The van der Waals surface area contributed by atoms with E-state index in [1.807, 2.05) is 0 Å². The topological polar surface area (TPSA) is 66.5 Å². The molecule has 24 heavy (non-hydrogen) atoms. The highest BCUT2D eigenvalue weighted by atomic mass is 35.5. The maximum atomic E-state index is 13.2. The van der Waals surface area contributed by atoms with Crippen molar-refractivity contribution in [2.75, 3.05) is 23.7 Å². The molecule has 0 aliphatic heterocycles. The first-order chi connectivity index (χ1) is 11.0. The first kappa shape index (κ1) is 20.6. The van der Waals surface area contributed by atoms with Gasteiger partial charge in [0.1, 0.15) is 0 Å². The second kappa shape index (κ2) is 8.06. The minimum atomic E-state index is -4.77. The number of nitrogens with zero attached hydrogens (tertiary/aromatic N) is 1. The number of rotatable bonds is 7. The molecule has 0 aliphatic carbocycles. The summed E-state index contributed by atoms with van der Waals surface area (Å²) in [5, 5.41) is 2.32. The molecule has 1 aromatic rings. The molecule has 0 spiro atoms. The SMILES string of the molecule is CCCC(=O)NCCN(c1ccc(Cl)cc1C(F)(F)F)S(C)(=O)=O. The van der Waals surface area contributed by atoms with Gasteiger partial charge in [-0.3, -0.25) is 9.10 Å². The van der Waals surface area contributed by atoms with Crippen LogP contribution < -0.4 is 9.62 Å². The number of hydrogen-bond donors (Lipinski definition) is 1. The first-order valence-electron chi connectivity index (χ1n) is 7.08. The number of nitrogens with one attached hydrogen (secondary N) is 1. The largest absolute Gasteiger partial charge is 0.418 e. The van der Waals surface area contributed by atoms with E-state index in [1.54, 1.807) is 6.92 Å². The molecule has 0 unspecified atom stereocenters. The Kier molecular flexibility index (Phi) is 6.91. The number of carbonyl (C=O) groups is 1. The molecule has 0 bridgehead atoms. The van der Waals surface area contributed by atoms with Crippen LogP contribution in [0, 0.1) is 0 Å². The fourth-order valence-electron chi connectivity index (χ4n) is 2.03. The van der Waals surface area contributed by atoms with Crippen molar-refractivity contribution in [3.05, 3.63) is 28.8 Å². The quantitative estimate of drug-likeness (QED) is 0.783. The van der Waals surface area contributed by atoms with Crippen LogP contribution >= 0.6 is 11.6 Å². The normalized spacial score (nSPS) is 12.1. The summed E-state index contributed by atoms with van der Waals surface area (Å²) < 4.78 is 64.0. The lowest BCUT2D eigenvalue weighted by Gasteiger charge is -2.26. The van der Waals surface area contributed by atoms with Gasteiger partial charge in [0, 0.05) is 18.0 Å². The van der Waals surface area contributed by atoms with Crippen molar-refractivity contribution in [1.82, 2.24) is 5.32 Å². The summed E-state index contributed by atoms with van der Waals surface area (Å²) in [5.74, 6) is -0.293. The van der Waals surface area contributed by atoms with Crippen LogP contribution in [0.5, 0.6) is 0 Å². The second-order valence-corrected chi connectivity index (χ2v) is 7.44. The van der Waals surface area contributed by atoms with Crippen molar-refractivity contribution in [3.8, 4) is 0 Å². The number of benzene rings is 1. The summed E-state index contributed by atoms with van der Waals surface area (Å²) in [7, 11) is -3.98. The fourth-order valence-corrected chi connectivity index (χ4v) is 3.14. The van der Waals surface area contributed by atoms with E-state index in [-0.39, 0.29) is 30.4 Å². The minimum absolute atomic E-state index is 0.105. The van der Waals surface area contributed by atoms with Crippen molar-refractivity contribution < 1.29 is 26.4 Å². The summed E-state index contributed by atoms with van der Waals surface area (Å²) in [6.45, 7) is 1.37. The summed E-state index contributed by atoms with van der Waals surface area (Å²) in [6.07, 6.45) is -3.10. The maximum Gasteiger partial charge on any atom is 0.418 e. The fraction of sp³-hybridized carbons (Fsp3) is 0.500. The van der Waals surface area contributed by atoms with Gasteiger partial charge in [-0.25, -0.2) is 8.42 Å². The lowest BCUT2D eigenvalue weighted by atomic mass is 10.1. The number of sulfonamides is 1. The maximum absolute atomic E-state index is 13.2. The van der Waals surface area contributed by atoms with E-state index in [2.05, 4.69) is 5.32 Å². The molecule has 1 rings (SSSR count). The van der Waals surface area contributed by atoms with Gasteiger partial charge in [0.25, 0.3) is 0 Å². The summed E-state index contributed by atoms with van der Waals surface area (Å²) in [6, 6.07) is 2.85. The third-order valence-electron chi connectivity index (χ3n) is 3.05. The monoisotopic (exact) mass is 386 g/mol. The molecule has 0 fully saturated rings. The van der Waals surface area contributed by atoms with E-state index in [1.165, 1.54) is 6.07 Å². The molecular formula is C14H18ClF3N2O3S. The molecule has 1 N–H and O–H groups in total. The van der Waals surface area contributed by atoms with Crippen LogP contribution in [0.3, 0.4) is 0 Å². The van der Waals surface area contributed by atoms with Crippen LogP contribution in [-0.2, 0) is 21.0 Å². The smallest absolute Gasteiger partial charge is 0.354 e.